The molecule has 0 radical (unpaired) electrons. The first-order chi connectivity index (χ1) is 21.7. The Kier molecular flexibility index (Phi) is 22.4. The van der Waals surface area contributed by atoms with Gasteiger partial charge in [0.05, 0.1) is 0 Å². The smallest absolute Gasteiger partial charge is 0.262 e. The van der Waals surface area contributed by atoms with Gasteiger partial charge in [-0.25, -0.2) is 0 Å². The molecule has 6 nitrogen and oxygen atoms in total. The summed E-state index contributed by atoms with van der Waals surface area (Å²) < 4.78 is 5.13. The summed E-state index contributed by atoms with van der Waals surface area (Å²) in [6.07, 6.45) is 8.59. The predicted octanol–water partition coefficient (Wildman–Crippen LogP) is 7.81. The van der Waals surface area contributed by atoms with Crippen molar-refractivity contribution < 1.29 is 14.6 Å². The number of nitriles is 1. The molecule has 1 aromatic heterocycles. The summed E-state index contributed by atoms with van der Waals surface area (Å²) in [6.45, 7) is 29.9. The van der Waals surface area contributed by atoms with Gasteiger partial charge in [-0.2, -0.15) is 5.26 Å². The number of aliphatic hydroxyl groups excluding tert-OH is 1. The van der Waals surface area contributed by atoms with Gasteiger partial charge in [0, 0.05) is 47.4 Å². The number of amides is 1. The van der Waals surface area contributed by atoms with Gasteiger partial charge in [0.15, 0.2) is 0 Å². The molecule has 1 amide bonds. The van der Waals surface area contributed by atoms with Gasteiger partial charge in [-0.1, -0.05) is 80.2 Å². The van der Waals surface area contributed by atoms with E-state index in [9.17, 15) is 10.1 Å². The van der Waals surface area contributed by atoms with Crippen LogP contribution < -0.4 is 21.1 Å². The molecule has 7 heteroatoms. The van der Waals surface area contributed by atoms with Gasteiger partial charge in [-0.3, -0.25) is 4.79 Å². The van der Waals surface area contributed by atoms with Crippen molar-refractivity contribution in [1.29, 1.82) is 5.26 Å². The van der Waals surface area contributed by atoms with E-state index in [2.05, 4.69) is 72.3 Å². The first-order valence-electron chi connectivity index (χ1n) is 16.7. The Balaban J connectivity index is 0.00000157. The summed E-state index contributed by atoms with van der Waals surface area (Å²) in [5.41, 5.74) is 1.34. The Morgan fingerprint density at radius 1 is 1.11 bits per heavy atom. The highest BCUT2D eigenvalue weighted by molar-refractivity contribution is 7.16. The molecule has 1 aromatic carbocycles. The van der Waals surface area contributed by atoms with E-state index in [4.69, 9.17) is 9.84 Å². The summed E-state index contributed by atoms with van der Waals surface area (Å²) in [4.78, 5) is 14.4. The molecule has 1 atom stereocenters. The molecular weight excluding hydrogens is 591 g/mol. The van der Waals surface area contributed by atoms with Gasteiger partial charge in [-0.15, -0.1) is 11.3 Å². The van der Waals surface area contributed by atoms with Crippen molar-refractivity contribution >= 4 is 36.0 Å². The first-order valence-corrected chi connectivity index (χ1v) is 17.5. The summed E-state index contributed by atoms with van der Waals surface area (Å²) in [7, 11) is 0. The second-order valence-corrected chi connectivity index (χ2v) is 14.0. The molecule has 2 rings (SSSR count). The molecule has 3 N–H and O–H groups in total. The minimum Gasteiger partial charge on any atom is -0.396 e. The topological polar surface area (TPSA) is 94.4 Å². The number of carbonyl (C=O) groups excluding carboxylic acids is 1. The second-order valence-electron chi connectivity index (χ2n) is 12.8. The lowest BCUT2D eigenvalue weighted by Gasteiger charge is -2.25. The Hall–Kier alpha value is -3.18. The molecule has 256 valence electrons. The maximum atomic E-state index is 12.5. The average molecular weight is 652 g/mol. The first kappa shape index (κ1) is 42.8. The Bertz CT molecular complexity index is 1340. The fourth-order valence-corrected chi connectivity index (χ4v) is 4.75. The van der Waals surface area contributed by atoms with Crippen molar-refractivity contribution in [2.75, 3.05) is 26.4 Å². The molecule has 0 aliphatic rings. The predicted molar refractivity (Wildman–Crippen MR) is 200 cm³/mol. The summed E-state index contributed by atoms with van der Waals surface area (Å²) in [5.74, 6) is 1.08. The van der Waals surface area contributed by atoms with Crippen molar-refractivity contribution in [2.24, 2.45) is 11.8 Å². The normalized spacial score (nSPS) is 12.3. The van der Waals surface area contributed by atoms with Crippen LogP contribution in [0.4, 0.5) is 0 Å². The van der Waals surface area contributed by atoms with Crippen molar-refractivity contribution in [2.45, 2.75) is 100.0 Å². The van der Waals surface area contributed by atoms with E-state index in [1.54, 1.807) is 6.08 Å². The lowest BCUT2D eigenvalue weighted by molar-refractivity contribution is -0.118. The Morgan fingerprint density at radius 3 is 2.26 bits per heavy atom. The number of rotatable bonds is 16. The minimum absolute atomic E-state index is 0.0338. The fraction of sp³-hybridized carbons (Fsp3) is 0.538. The van der Waals surface area contributed by atoms with Crippen LogP contribution in [-0.2, 0) is 9.53 Å². The second kappa shape index (κ2) is 24.1. The summed E-state index contributed by atoms with van der Waals surface area (Å²) in [6, 6.07) is 12.0. The molecule has 0 bridgehead atoms. The van der Waals surface area contributed by atoms with Crippen LogP contribution in [0.2, 0.25) is 0 Å². The van der Waals surface area contributed by atoms with Gasteiger partial charge < -0.3 is 20.5 Å². The molecular formula is C39H61N3O3S. The van der Waals surface area contributed by atoms with Crippen LogP contribution in [0.5, 0.6) is 0 Å². The molecule has 2 aromatic rings. The van der Waals surface area contributed by atoms with Crippen LogP contribution in [0.15, 0.2) is 48.2 Å². The third kappa shape index (κ3) is 19.4. The van der Waals surface area contributed by atoms with E-state index >= 15 is 0 Å². The number of carbonyl (C=O) groups is 1. The van der Waals surface area contributed by atoms with E-state index in [1.165, 1.54) is 17.8 Å². The van der Waals surface area contributed by atoms with Crippen LogP contribution in [-0.4, -0.2) is 42.9 Å². The number of thiophene rings is 1. The molecule has 46 heavy (non-hydrogen) atoms. The van der Waals surface area contributed by atoms with Gasteiger partial charge in [0.1, 0.15) is 11.6 Å². The number of nitrogens with zero attached hydrogens (tertiary/aromatic N) is 1. The Labute approximate surface area is 284 Å². The summed E-state index contributed by atoms with van der Waals surface area (Å²) >= 11 is 1.50. The highest BCUT2D eigenvalue weighted by Crippen LogP contribution is 2.28. The maximum absolute atomic E-state index is 12.5. The SMILES string of the molecule is C=C(/C=c1/ccc(-c2ccc(/C=C(\C#N)C(=O)NC(C)(C)CCO)s2)cc1=C)NCCC(C)CC.CC(C)C.CCCOCCC. The van der Waals surface area contributed by atoms with Crippen molar-refractivity contribution in [3.63, 3.8) is 0 Å². The zero-order valence-corrected chi connectivity index (χ0v) is 30.9. The van der Waals surface area contributed by atoms with Crippen molar-refractivity contribution in [3.8, 4) is 16.5 Å². The number of ether oxygens (including phenoxy) is 1. The van der Waals surface area contributed by atoms with Crippen LogP contribution in [0.1, 0.15) is 99.3 Å². The van der Waals surface area contributed by atoms with Gasteiger partial charge in [0.25, 0.3) is 5.91 Å². The third-order valence-electron chi connectivity index (χ3n) is 6.61. The number of allylic oxidation sites excluding steroid dienone is 1. The third-order valence-corrected chi connectivity index (χ3v) is 7.69. The number of benzene rings is 1. The maximum Gasteiger partial charge on any atom is 0.262 e. The van der Waals surface area contributed by atoms with E-state index in [0.29, 0.717) is 12.3 Å². The van der Waals surface area contributed by atoms with Gasteiger partial charge in [0.2, 0.25) is 0 Å². The summed E-state index contributed by atoms with van der Waals surface area (Å²) in [5, 5.41) is 26.7. The quantitative estimate of drug-likeness (QED) is 0.0978. The standard InChI is InChI=1S/C29H37N3O2S.C6H14O.C4H10/c1-7-20(2)12-14-31-22(4)17-23-8-9-24(16-21(23)3)27-11-10-26(35-27)18-25(19-30)28(34)32-29(5,6)13-15-33;1-3-5-7-6-4-2;1-4(2)3/h8-11,16-18,20,31,33H,3-4,7,12-15H2,1-2,5-6H3,(H,32,34);3-6H2,1-2H3;4H,1-3H3/b23-17-,25-18+;;. The molecule has 1 unspecified atom stereocenters. The number of aliphatic hydroxyl groups is 1. The van der Waals surface area contributed by atoms with Crippen LogP contribution in [0, 0.1) is 23.2 Å². The highest BCUT2D eigenvalue weighted by atomic mass is 32.1. The molecule has 0 spiro atoms. The molecule has 1 heterocycles. The highest BCUT2D eigenvalue weighted by Gasteiger charge is 2.22. The number of hydrogen-bond acceptors (Lipinski definition) is 6. The van der Waals surface area contributed by atoms with Gasteiger partial charge in [-0.05, 0) is 97.7 Å². The molecule has 0 saturated carbocycles. The van der Waals surface area contributed by atoms with Crippen molar-refractivity contribution in [3.05, 3.63) is 63.5 Å². The number of hydrogen-bond donors (Lipinski definition) is 3. The minimum atomic E-state index is -0.597. The molecule has 0 aliphatic heterocycles. The fourth-order valence-electron chi connectivity index (χ4n) is 3.81. The Morgan fingerprint density at radius 2 is 1.74 bits per heavy atom. The number of nitrogens with one attached hydrogen (secondary N) is 2. The monoisotopic (exact) mass is 651 g/mol. The zero-order chi connectivity index (χ0) is 35.1. The van der Waals surface area contributed by atoms with Crippen molar-refractivity contribution in [1.82, 2.24) is 10.6 Å². The largest absolute Gasteiger partial charge is 0.396 e. The lowest BCUT2D eigenvalue weighted by Crippen LogP contribution is -2.44. The van der Waals surface area contributed by atoms with Crippen LogP contribution in [0.25, 0.3) is 29.2 Å². The van der Waals surface area contributed by atoms with E-state index in [0.717, 1.165) is 76.4 Å². The van der Waals surface area contributed by atoms with E-state index in [-0.39, 0.29) is 12.2 Å². The van der Waals surface area contributed by atoms with Crippen LogP contribution >= 0.6 is 11.3 Å². The zero-order valence-electron chi connectivity index (χ0n) is 30.1. The molecule has 0 saturated heterocycles. The van der Waals surface area contributed by atoms with Crippen LogP contribution in [0.3, 0.4) is 0 Å². The van der Waals surface area contributed by atoms with E-state index in [1.807, 2.05) is 56.3 Å². The van der Waals surface area contributed by atoms with E-state index < -0.39 is 11.4 Å². The average Bonchev–Trinajstić information content (AvgIpc) is 3.45. The molecule has 0 fully saturated rings. The lowest BCUT2D eigenvalue weighted by atomic mass is 10.0. The van der Waals surface area contributed by atoms with Gasteiger partial charge >= 0.3 is 0 Å². The molecule has 0 aliphatic carbocycles.